The number of aliphatic imine (C=N–C) groups is 1. The van der Waals surface area contributed by atoms with Crippen LogP contribution < -0.4 is 20.4 Å². The average molecular weight is 587 g/mol. The molecule has 3 aromatic rings. The molecule has 7 nitrogen and oxygen atoms in total. The summed E-state index contributed by atoms with van der Waals surface area (Å²) in [6, 6.07) is 10.1. The van der Waals surface area contributed by atoms with Gasteiger partial charge in [0.15, 0.2) is 0 Å². The van der Waals surface area contributed by atoms with Crippen molar-refractivity contribution in [3.8, 4) is 0 Å². The molecule has 3 aliphatic rings. The third-order valence-electron chi connectivity index (χ3n) is 7.70. The first-order chi connectivity index (χ1) is 19.6. The Morgan fingerprint density at radius 2 is 1.88 bits per heavy atom. The van der Waals surface area contributed by atoms with Crippen molar-refractivity contribution in [1.82, 2.24) is 10.2 Å². The number of rotatable bonds is 6. The number of amides is 1. The third kappa shape index (κ3) is 5.76. The van der Waals surface area contributed by atoms with Crippen LogP contribution in [0, 0.1) is 5.82 Å². The molecule has 0 bridgehead atoms. The molecule has 216 valence electrons. The molecule has 6 rings (SSSR count). The molecule has 0 radical (unpaired) electrons. The first-order valence-corrected chi connectivity index (χ1v) is 14.4. The second-order valence-corrected chi connectivity index (χ2v) is 11.8. The molecule has 3 heterocycles. The van der Waals surface area contributed by atoms with Crippen LogP contribution in [0.4, 0.5) is 40.3 Å². The van der Waals surface area contributed by atoms with E-state index in [0.717, 1.165) is 47.8 Å². The number of amidine groups is 1. The van der Waals surface area contributed by atoms with E-state index in [9.17, 15) is 18.0 Å². The Morgan fingerprint density at radius 3 is 2.59 bits per heavy atom. The molecule has 0 spiro atoms. The minimum atomic E-state index is -4.62. The fraction of sp³-hybridized carbons (Fsp3) is 0.379. The molecular formula is C29H30F4N6OS. The number of nitrogens with zero attached hydrogens (tertiary/aromatic N) is 4. The fourth-order valence-corrected chi connectivity index (χ4v) is 6.07. The number of hydrogen-bond acceptors (Lipinski definition) is 7. The van der Waals surface area contributed by atoms with E-state index in [1.54, 1.807) is 4.90 Å². The molecule has 1 amide bonds. The van der Waals surface area contributed by atoms with Crippen molar-refractivity contribution in [3.05, 3.63) is 69.7 Å². The summed E-state index contributed by atoms with van der Waals surface area (Å²) in [5.41, 5.74) is 0.628. The standard InChI is InChI=1S/C29H30F4N6OS/c1-37(2)21-7-9-38(15-21)22-12-17(11-18(13-22)29(31,32)33)28(40)36-20-5-6-23(30)25(14-20)39-16-34-27(35-19-3-4-19)26-24(39)8-10-41-26/h5-6,8,10-14,19,21H,3-4,7,9,15-16H2,1-2H3,(H,34,35)(H,36,40)/t21-/m0/s1. The van der Waals surface area contributed by atoms with Crippen molar-refractivity contribution in [2.45, 2.75) is 37.5 Å². The number of fused-ring (bicyclic) bond motifs is 1. The molecule has 2 aliphatic heterocycles. The van der Waals surface area contributed by atoms with Crippen molar-refractivity contribution in [3.63, 3.8) is 0 Å². The van der Waals surface area contributed by atoms with E-state index in [2.05, 4.69) is 15.6 Å². The highest BCUT2D eigenvalue weighted by Gasteiger charge is 2.34. The molecule has 1 aliphatic carbocycles. The van der Waals surface area contributed by atoms with Gasteiger partial charge in [-0.15, -0.1) is 11.3 Å². The molecule has 1 saturated heterocycles. The minimum absolute atomic E-state index is 0.118. The SMILES string of the molecule is CN(C)[C@H]1CCN(c2cc(C(=O)Nc3ccc(F)c(N4CN=C(NC5CC5)c5sccc54)c3)cc(C(F)(F)F)c2)C1. The van der Waals surface area contributed by atoms with Crippen LogP contribution in [0.5, 0.6) is 0 Å². The molecule has 12 heteroatoms. The number of carbonyl (C=O) groups excluding carboxylic acids is 1. The third-order valence-corrected chi connectivity index (χ3v) is 8.61. The highest BCUT2D eigenvalue weighted by Crippen LogP contribution is 2.39. The van der Waals surface area contributed by atoms with Gasteiger partial charge in [-0.05, 0) is 81.2 Å². The first kappa shape index (κ1) is 27.5. The lowest BCUT2D eigenvalue weighted by Gasteiger charge is -2.28. The largest absolute Gasteiger partial charge is 0.416 e. The van der Waals surface area contributed by atoms with E-state index >= 15 is 4.39 Å². The lowest BCUT2D eigenvalue weighted by molar-refractivity contribution is -0.137. The van der Waals surface area contributed by atoms with Crippen molar-refractivity contribution >= 4 is 45.8 Å². The Hall–Kier alpha value is -3.64. The predicted molar refractivity (Wildman–Crippen MR) is 154 cm³/mol. The fourth-order valence-electron chi connectivity index (χ4n) is 5.21. The second kappa shape index (κ2) is 10.6. The van der Waals surface area contributed by atoms with Crippen LogP contribution in [0.15, 0.2) is 52.8 Å². The van der Waals surface area contributed by atoms with Crippen molar-refractivity contribution in [1.29, 1.82) is 0 Å². The number of likely N-dealkylation sites (N-methyl/N-ethyl adjacent to an activating group) is 1. The van der Waals surface area contributed by atoms with Gasteiger partial charge in [0.25, 0.3) is 5.91 Å². The van der Waals surface area contributed by atoms with Crippen LogP contribution in [-0.2, 0) is 6.18 Å². The average Bonchev–Trinajstić information content (AvgIpc) is 3.38. The summed E-state index contributed by atoms with van der Waals surface area (Å²) in [6.07, 6.45) is -1.60. The molecule has 41 heavy (non-hydrogen) atoms. The van der Waals surface area contributed by atoms with Crippen LogP contribution in [0.25, 0.3) is 0 Å². The molecular weight excluding hydrogens is 556 g/mol. The molecule has 1 atom stereocenters. The van der Waals surface area contributed by atoms with Gasteiger partial charge in [0.2, 0.25) is 0 Å². The summed E-state index contributed by atoms with van der Waals surface area (Å²) < 4.78 is 56.5. The number of nitrogens with one attached hydrogen (secondary N) is 2. The Balaban J connectivity index is 1.26. The van der Waals surface area contributed by atoms with Crippen molar-refractivity contribution in [2.24, 2.45) is 4.99 Å². The summed E-state index contributed by atoms with van der Waals surface area (Å²) in [5.74, 6) is -0.407. The summed E-state index contributed by atoms with van der Waals surface area (Å²) in [4.78, 5) is 24.5. The number of carbonyl (C=O) groups is 1. The van der Waals surface area contributed by atoms with Gasteiger partial charge >= 0.3 is 6.18 Å². The van der Waals surface area contributed by atoms with Gasteiger partial charge in [-0.2, -0.15) is 13.2 Å². The summed E-state index contributed by atoms with van der Waals surface area (Å²) in [5, 5.41) is 8.02. The van der Waals surface area contributed by atoms with Crippen LogP contribution >= 0.6 is 11.3 Å². The highest BCUT2D eigenvalue weighted by atomic mass is 32.1. The smallest absolute Gasteiger partial charge is 0.370 e. The van der Waals surface area contributed by atoms with Gasteiger partial charge in [0.1, 0.15) is 18.3 Å². The van der Waals surface area contributed by atoms with E-state index < -0.39 is 23.5 Å². The normalized spacial score (nSPS) is 18.9. The van der Waals surface area contributed by atoms with Gasteiger partial charge in [-0.25, -0.2) is 9.38 Å². The number of halogens is 4. The van der Waals surface area contributed by atoms with Gasteiger partial charge in [0.05, 0.1) is 21.8 Å². The van der Waals surface area contributed by atoms with Gasteiger partial charge in [0, 0.05) is 42.1 Å². The zero-order valence-electron chi connectivity index (χ0n) is 22.6. The van der Waals surface area contributed by atoms with E-state index in [4.69, 9.17) is 0 Å². The maximum atomic E-state index is 15.1. The van der Waals surface area contributed by atoms with Crippen LogP contribution in [-0.4, -0.2) is 62.6 Å². The predicted octanol–water partition coefficient (Wildman–Crippen LogP) is 5.91. The van der Waals surface area contributed by atoms with Gasteiger partial charge < -0.3 is 25.3 Å². The van der Waals surface area contributed by atoms with Gasteiger partial charge in [-0.3, -0.25) is 4.79 Å². The maximum Gasteiger partial charge on any atom is 0.416 e. The van der Waals surface area contributed by atoms with E-state index in [1.807, 2.05) is 35.3 Å². The Kier molecular flexibility index (Phi) is 7.14. The number of benzene rings is 2. The summed E-state index contributed by atoms with van der Waals surface area (Å²) in [7, 11) is 3.88. The maximum absolute atomic E-state index is 15.1. The number of alkyl halides is 3. The first-order valence-electron chi connectivity index (χ1n) is 13.5. The lowest BCUT2D eigenvalue weighted by atomic mass is 10.1. The van der Waals surface area contributed by atoms with E-state index in [1.165, 1.54) is 35.6 Å². The zero-order chi connectivity index (χ0) is 28.9. The summed E-state index contributed by atoms with van der Waals surface area (Å²) >= 11 is 1.51. The molecule has 2 fully saturated rings. The van der Waals surface area contributed by atoms with Gasteiger partial charge in [-0.1, -0.05) is 0 Å². The number of thiophene rings is 1. The molecule has 1 saturated carbocycles. The second-order valence-electron chi connectivity index (χ2n) is 10.9. The lowest BCUT2D eigenvalue weighted by Crippen LogP contribution is -2.33. The molecule has 1 aromatic heterocycles. The Labute approximate surface area is 239 Å². The zero-order valence-corrected chi connectivity index (χ0v) is 23.4. The van der Waals surface area contributed by atoms with Crippen molar-refractivity contribution < 1.29 is 22.4 Å². The monoisotopic (exact) mass is 586 g/mol. The van der Waals surface area contributed by atoms with Crippen LogP contribution in [0.1, 0.15) is 40.1 Å². The number of anilines is 4. The summed E-state index contributed by atoms with van der Waals surface area (Å²) in [6.45, 7) is 1.35. The topological polar surface area (TPSA) is 63.2 Å². The van der Waals surface area contributed by atoms with Crippen LogP contribution in [0.2, 0.25) is 0 Å². The van der Waals surface area contributed by atoms with Crippen molar-refractivity contribution in [2.75, 3.05) is 49.0 Å². The van der Waals surface area contributed by atoms with E-state index in [-0.39, 0.29) is 29.6 Å². The van der Waals surface area contributed by atoms with E-state index in [0.29, 0.717) is 24.8 Å². The number of hydrogen-bond donors (Lipinski definition) is 2. The highest BCUT2D eigenvalue weighted by molar-refractivity contribution is 7.12. The Bertz CT molecular complexity index is 1500. The molecule has 2 aromatic carbocycles. The Morgan fingerprint density at radius 1 is 1.07 bits per heavy atom. The quantitative estimate of drug-likeness (QED) is 0.352. The molecule has 0 unspecified atom stereocenters. The molecule has 2 N–H and O–H groups in total. The van der Waals surface area contributed by atoms with Crippen LogP contribution in [0.3, 0.4) is 0 Å². The minimum Gasteiger partial charge on any atom is -0.370 e.